The molecule has 0 heterocycles. The fourth-order valence-corrected chi connectivity index (χ4v) is 1.24. The van der Waals surface area contributed by atoms with Crippen molar-refractivity contribution < 1.29 is 9.90 Å². The molecule has 1 aromatic rings. The van der Waals surface area contributed by atoms with Gasteiger partial charge in [-0.15, -0.1) is 0 Å². The molecule has 0 saturated carbocycles. The van der Waals surface area contributed by atoms with E-state index in [9.17, 15) is 9.90 Å². The Morgan fingerprint density at radius 3 is 2.60 bits per heavy atom. The highest BCUT2D eigenvalue weighted by atomic mass is 35.5. The van der Waals surface area contributed by atoms with E-state index >= 15 is 0 Å². The molecular formula is C11H14ClNO2. The molecule has 0 fully saturated rings. The minimum Gasteiger partial charge on any atom is -0.381 e. The predicted octanol–water partition coefficient (Wildman–Crippen LogP) is 1.73. The van der Waals surface area contributed by atoms with Crippen LogP contribution < -0.4 is 5.32 Å². The molecule has 1 amide bonds. The molecule has 0 aliphatic carbocycles. The van der Waals surface area contributed by atoms with Crippen LogP contribution in [0.3, 0.4) is 0 Å². The van der Waals surface area contributed by atoms with Crippen LogP contribution in [0.25, 0.3) is 0 Å². The number of halogens is 1. The molecule has 0 radical (unpaired) electrons. The van der Waals surface area contributed by atoms with Gasteiger partial charge in [0, 0.05) is 11.6 Å². The highest BCUT2D eigenvalue weighted by Gasteiger charge is 2.23. The Morgan fingerprint density at radius 2 is 2.07 bits per heavy atom. The number of carbonyl (C=O) groups excluding carboxylic acids is 1. The van der Waals surface area contributed by atoms with Crippen LogP contribution in [0.1, 0.15) is 19.4 Å². The minimum absolute atomic E-state index is 0.322. The number of rotatable bonds is 3. The number of benzene rings is 1. The van der Waals surface area contributed by atoms with Crippen LogP contribution in [-0.2, 0) is 11.3 Å². The predicted molar refractivity (Wildman–Crippen MR) is 59.6 cm³/mol. The summed E-state index contributed by atoms with van der Waals surface area (Å²) < 4.78 is 0. The van der Waals surface area contributed by atoms with Gasteiger partial charge in [0.25, 0.3) is 5.91 Å². The zero-order valence-corrected chi connectivity index (χ0v) is 9.51. The first-order chi connectivity index (χ1) is 6.91. The van der Waals surface area contributed by atoms with Gasteiger partial charge in [0.1, 0.15) is 5.60 Å². The maximum absolute atomic E-state index is 11.3. The molecule has 0 spiro atoms. The van der Waals surface area contributed by atoms with Crippen molar-refractivity contribution in [3.8, 4) is 0 Å². The van der Waals surface area contributed by atoms with Gasteiger partial charge in [-0.2, -0.15) is 0 Å². The Morgan fingerprint density at radius 1 is 1.47 bits per heavy atom. The molecule has 1 rings (SSSR count). The van der Waals surface area contributed by atoms with E-state index in [1.165, 1.54) is 13.8 Å². The number of amides is 1. The van der Waals surface area contributed by atoms with Crippen LogP contribution in [0.2, 0.25) is 5.02 Å². The molecule has 0 atom stereocenters. The van der Waals surface area contributed by atoms with Gasteiger partial charge in [0.2, 0.25) is 0 Å². The zero-order chi connectivity index (χ0) is 11.5. The van der Waals surface area contributed by atoms with Crippen LogP contribution in [0, 0.1) is 0 Å². The van der Waals surface area contributed by atoms with Gasteiger partial charge in [0.15, 0.2) is 0 Å². The van der Waals surface area contributed by atoms with E-state index in [0.717, 1.165) is 5.56 Å². The highest BCUT2D eigenvalue weighted by Crippen LogP contribution is 2.14. The van der Waals surface area contributed by atoms with Crippen LogP contribution in [0.15, 0.2) is 24.3 Å². The van der Waals surface area contributed by atoms with Crippen molar-refractivity contribution >= 4 is 17.5 Å². The maximum Gasteiger partial charge on any atom is 0.251 e. The van der Waals surface area contributed by atoms with E-state index in [4.69, 9.17) is 11.6 Å². The minimum atomic E-state index is -1.36. The maximum atomic E-state index is 11.3. The molecule has 0 aromatic heterocycles. The summed E-state index contributed by atoms with van der Waals surface area (Å²) in [6.07, 6.45) is 0. The van der Waals surface area contributed by atoms with E-state index in [1.807, 2.05) is 18.2 Å². The third-order valence-electron chi connectivity index (χ3n) is 1.95. The zero-order valence-electron chi connectivity index (χ0n) is 8.75. The fourth-order valence-electron chi connectivity index (χ4n) is 1.03. The van der Waals surface area contributed by atoms with E-state index in [1.54, 1.807) is 6.07 Å². The lowest BCUT2D eigenvalue weighted by Crippen LogP contribution is -2.41. The molecule has 15 heavy (non-hydrogen) atoms. The lowest BCUT2D eigenvalue weighted by atomic mass is 10.1. The Labute approximate surface area is 94.1 Å². The molecule has 82 valence electrons. The SMILES string of the molecule is CC(C)(O)C(=O)NCc1ccccc1Cl. The highest BCUT2D eigenvalue weighted by molar-refractivity contribution is 6.31. The molecule has 4 heteroatoms. The topological polar surface area (TPSA) is 49.3 Å². The van der Waals surface area contributed by atoms with Crippen molar-refractivity contribution in [2.24, 2.45) is 0 Å². The molecule has 2 N–H and O–H groups in total. The second-order valence-corrected chi connectivity index (χ2v) is 4.24. The standard InChI is InChI=1S/C11H14ClNO2/c1-11(2,15)10(14)13-7-8-5-3-4-6-9(8)12/h3-6,15H,7H2,1-2H3,(H,13,14). The molecule has 0 bridgehead atoms. The fraction of sp³-hybridized carbons (Fsp3) is 0.364. The largest absolute Gasteiger partial charge is 0.381 e. The van der Waals surface area contributed by atoms with Crippen molar-refractivity contribution in [2.75, 3.05) is 0 Å². The van der Waals surface area contributed by atoms with Crippen molar-refractivity contribution in [1.29, 1.82) is 0 Å². The number of carbonyl (C=O) groups is 1. The van der Waals surface area contributed by atoms with E-state index < -0.39 is 11.5 Å². The Bertz CT molecular complexity index is 358. The summed E-state index contributed by atoms with van der Waals surface area (Å²) in [5.74, 6) is -0.414. The Kier molecular flexibility index (Phi) is 3.72. The Balaban J connectivity index is 2.59. The lowest BCUT2D eigenvalue weighted by Gasteiger charge is -2.16. The summed E-state index contributed by atoms with van der Waals surface area (Å²) in [6, 6.07) is 7.25. The van der Waals surface area contributed by atoms with Gasteiger partial charge >= 0.3 is 0 Å². The molecule has 0 unspecified atom stereocenters. The number of aliphatic hydroxyl groups is 1. The van der Waals surface area contributed by atoms with Crippen molar-refractivity contribution in [2.45, 2.75) is 26.0 Å². The monoisotopic (exact) mass is 227 g/mol. The summed E-state index contributed by atoms with van der Waals surface area (Å²) in [7, 11) is 0. The molecule has 0 saturated heterocycles. The molecule has 3 nitrogen and oxygen atoms in total. The lowest BCUT2D eigenvalue weighted by molar-refractivity contribution is -0.136. The number of hydrogen-bond donors (Lipinski definition) is 2. The summed E-state index contributed by atoms with van der Waals surface area (Å²) in [4.78, 5) is 11.3. The average molecular weight is 228 g/mol. The summed E-state index contributed by atoms with van der Waals surface area (Å²) in [5, 5.41) is 12.6. The van der Waals surface area contributed by atoms with Gasteiger partial charge in [-0.05, 0) is 25.5 Å². The van der Waals surface area contributed by atoms with Crippen LogP contribution in [0.4, 0.5) is 0 Å². The van der Waals surface area contributed by atoms with Crippen molar-refractivity contribution in [3.05, 3.63) is 34.9 Å². The molecule has 0 aliphatic rings. The van der Waals surface area contributed by atoms with Gasteiger partial charge in [-0.25, -0.2) is 0 Å². The second kappa shape index (κ2) is 4.64. The van der Waals surface area contributed by atoms with Crippen LogP contribution in [0.5, 0.6) is 0 Å². The average Bonchev–Trinajstić information content (AvgIpc) is 2.14. The van der Waals surface area contributed by atoms with Gasteiger partial charge in [-0.1, -0.05) is 29.8 Å². The second-order valence-electron chi connectivity index (χ2n) is 3.83. The van der Waals surface area contributed by atoms with Gasteiger partial charge < -0.3 is 10.4 Å². The molecule has 1 aromatic carbocycles. The first-order valence-electron chi connectivity index (χ1n) is 4.65. The van der Waals surface area contributed by atoms with Gasteiger partial charge in [-0.3, -0.25) is 4.79 Å². The number of hydrogen-bond acceptors (Lipinski definition) is 2. The van der Waals surface area contributed by atoms with E-state index in [-0.39, 0.29) is 0 Å². The van der Waals surface area contributed by atoms with E-state index in [0.29, 0.717) is 11.6 Å². The first kappa shape index (κ1) is 12.0. The summed E-state index contributed by atoms with van der Waals surface area (Å²) in [5.41, 5.74) is -0.530. The van der Waals surface area contributed by atoms with Crippen molar-refractivity contribution in [3.63, 3.8) is 0 Å². The van der Waals surface area contributed by atoms with Crippen LogP contribution >= 0.6 is 11.6 Å². The molecular weight excluding hydrogens is 214 g/mol. The van der Waals surface area contributed by atoms with Crippen molar-refractivity contribution in [1.82, 2.24) is 5.32 Å². The quantitative estimate of drug-likeness (QED) is 0.826. The Hall–Kier alpha value is -1.06. The third kappa shape index (κ3) is 3.53. The third-order valence-corrected chi connectivity index (χ3v) is 2.32. The van der Waals surface area contributed by atoms with E-state index in [2.05, 4.69) is 5.32 Å². The summed E-state index contributed by atoms with van der Waals surface area (Å²) in [6.45, 7) is 3.20. The summed E-state index contributed by atoms with van der Waals surface area (Å²) >= 11 is 5.91. The number of nitrogens with one attached hydrogen (secondary N) is 1. The smallest absolute Gasteiger partial charge is 0.251 e. The molecule has 0 aliphatic heterocycles. The van der Waals surface area contributed by atoms with Crippen LogP contribution in [-0.4, -0.2) is 16.6 Å². The first-order valence-corrected chi connectivity index (χ1v) is 5.03. The normalized spacial score (nSPS) is 11.2. The van der Waals surface area contributed by atoms with Gasteiger partial charge in [0.05, 0.1) is 0 Å².